The van der Waals surface area contributed by atoms with Gasteiger partial charge >= 0.3 is 6.18 Å². The van der Waals surface area contributed by atoms with Crippen LogP contribution >= 0.6 is 0 Å². The molecule has 0 aliphatic heterocycles. The van der Waals surface area contributed by atoms with Crippen LogP contribution in [0.3, 0.4) is 0 Å². The van der Waals surface area contributed by atoms with E-state index in [4.69, 9.17) is 0 Å². The molecule has 2 rings (SSSR count). The third kappa shape index (κ3) is 2.74. The van der Waals surface area contributed by atoms with E-state index in [2.05, 4.69) is 15.0 Å². The Bertz CT molecular complexity index is 564. The van der Waals surface area contributed by atoms with Gasteiger partial charge in [0.2, 0.25) is 5.82 Å². The number of hydrogen-bond acceptors (Lipinski definition) is 3. The summed E-state index contributed by atoms with van der Waals surface area (Å²) >= 11 is 0. The van der Waals surface area contributed by atoms with Gasteiger partial charge in [-0.2, -0.15) is 13.2 Å². The standard InChI is InChI=1S/C12H13F3N4/c1-11(2,3)9-17-6-8(7-18-9)19-5-4-16-10(19)12(13,14)15/h4-7H,1-3H3. The van der Waals surface area contributed by atoms with Crippen molar-refractivity contribution in [1.29, 1.82) is 0 Å². The normalized spacial score (nSPS) is 12.7. The molecule has 0 spiro atoms. The average molecular weight is 270 g/mol. The molecule has 2 aromatic heterocycles. The van der Waals surface area contributed by atoms with Crippen molar-refractivity contribution in [3.63, 3.8) is 0 Å². The van der Waals surface area contributed by atoms with E-state index < -0.39 is 12.0 Å². The zero-order chi connectivity index (χ0) is 14.3. The third-order valence-electron chi connectivity index (χ3n) is 2.48. The maximum Gasteiger partial charge on any atom is 0.450 e. The first-order chi connectivity index (χ1) is 8.69. The number of hydrogen-bond donors (Lipinski definition) is 0. The minimum Gasteiger partial charge on any atom is -0.293 e. The summed E-state index contributed by atoms with van der Waals surface area (Å²) in [5, 5.41) is 0. The summed E-state index contributed by atoms with van der Waals surface area (Å²) in [5.74, 6) is -0.412. The van der Waals surface area contributed by atoms with Gasteiger partial charge < -0.3 is 0 Å². The smallest absolute Gasteiger partial charge is 0.293 e. The highest BCUT2D eigenvalue weighted by Crippen LogP contribution is 2.29. The molecule has 2 aromatic rings. The van der Waals surface area contributed by atoms with Crippen molar-refractivity contribution < 1.29 is 13.2 Å². The lowest BCUT2D eigenvalue weighted by Crippen LogP contribution is -2.17. The summed E-state index contributed by atoms with van der Waals surface area (Å²) in [6.45, 7) is 5.79. The molecule has 102 valence electrons. The van der Waals surface area contributed by atoms with Gasteiger partial charge in [-0.3, -0.25) is 4.57 Å². The average Bonchev–Trinajstić information content (AvgIpc) is 2.76. The number of imidazole rings is 1. The van der Waals surface area contributed by atoms with Crippen molar-refractivity contribution in [3.05, 3.63) is 36.4 Å². The van der Waals surface area contributed by atoms with Crippen LogP contribution in [0.1, 0.15) is 32.4 Å². The quantitative estimate of drug-likeness (QED) is 0.800. The van der Waals surface area contributed by atoms with Crippen LogP contribution in [-0.2, 0) is 11.6 Å². The molecule has 7 heteroatoms. The number of alkyl halides is 3. The van der Waals surface area contributed by atoms with E-state index in [0.29, 0.717) is 5.82 Å². The van der Waals surface area contributed by atoms with Crippen molar-refractivity contribution in [3.8, 4) is 5.69 Å². The molecule has 0 fully saturated rings. The van der Waals surface area contributed by atoms with Crippen molar-refractivity contribution >= 4 is 0 Å². The highest BCUT2D eigenvalue weighted by molar-refractivity contribution is 5.29. The maximum absolute atomic E-state index is 12.7. The van der Waals surface area contributed by atoms with Gasteiger partial charge in [-0.05, 0) is 0 Å². The van der Waals surface area contributed by atoms with Crippen LogP contribution in [0.5, 0.6) is 0 Å². The molecule has 0 atom stereocenters. The second-order valence-corrected chi connectivity index (χ2v) is 5.13. The number of halogens is 3. The van der Waals surface area contributed by atoms with Gasteiger partial charge in [-0.1, -0.05) is 20.8 Å². The minimum atomic E-state index is -4.51. The second kappa shape index (κ2) is 4.32. The highest BCUT2D eigenvalue weighted by Gasteiger charge is 2.36. The van der Waals surface area contributed by atoms with E-state index in [-0.39, 0.29) is 11.1 Å². The molecule has 0 bridgehead atoms. The topological polar surface area (TPSA) is 43.6 Å². The lowest BCUT2D eigenvalue weighted by atomic mass is 9.96. The SMILES string of the molecule is CC(C)(C)c1ncc(-n2ccnc2C(F)(F)F)cn1. The number of rotatable bonds is 1. The van der Waals surface area contributed by atoms with E-state index in [1.807, 2.05) is 20.8 Å². The second-order valence-electron chi connectivity index (χ2n) is 5.13. The van der Waals surface area contributed by atoms with Crippen LogP contribution in [0, 0.1) is 0 Å². The lowest BCUT2D eigenvalue weighted by Gasteiger charge is -2.16. The largest absolute Gasteiger partial charge is 0.450 e. The van der Waals surface area contributed by atoms with Crippen LogP contribution < -0.4 is 0 Å². The van der Waals surface area contributed by atoms with Crippen molar-refractivity contribution in [2.24, 2.45) is 0 Å². The Balaban J connectivity index is 2.42. The van der Waals surface area contributed by atoms with Crippen molar-refractivity contribution in [1.82, 2.24) is 19.5 Å². The fourth-order valence-electron chi connectivity index (χ4n) is 1.55. The van der Waals surface area contributed by atoms with E-state index in [9.17, 15) is 13.2 Å². The Morgan fingerprint density at radius 3 is 2.05 bits per heavy atom. The molecule has 0 N–H and O–H groups in total. The van der Waals surface area contributed by atoms with E-state index >= 15 is 0 Å². The molecule has 0 saturated carbocycles. The minimum absolute atomic E-state index is 0.234. The predicted molar refractivity (Wildman–Crippen MR) is 62.9 cm³/mol. The van der Waals surface area contributed by atoms with Gasteiger partial charge in [0.15, 0.2) is 0 Å². The van der Waals surface area contributed by atoms with E-state index in [1.54, 1.807) is 0 Å². The third-order valence-corrected chi connectivity index (χ3v) is 2.48. The number of aromatic nitrogens is 4. The van der Waals surface area contributed by atoms with Crippen LogP contribution in [-0.4, -0.2) is 19.5 Å². The summed E-state index contributed by atoms with van der Waals surface area (Å²) in [5.41, 5.74) is -0.0156. The summed E-state index contributed by atoms with van der Waals surface area (Å²) in [4.78, 5) is 11.5. The Morgan fingerprint density at radius 2 is 1.58 bits per heavy atom. The Kier molecular flexibility index (Phi) is 3.07. The molecule has 0 saturated heterocycles. The van der Waals surface area contributed by atoms with Crippen LogP contribution in [0.2, 0.25) is 0 Å². The van der Waals surface area contributed by atoms with Gasteiger partial charge in [0.05, 0.1) is 18.1 Å². The van der Waals surface area contributed by atoms with Gasteiger partial charge in [-0.15, -0.1) is 0 Å². The highest BCUT2D eigenvalue weighted by atomic mass is 19.4. The first-order valence-corrected chi connectivity index (χ1v) is 5.63. The molecule has 0 amide bonds. The summed E-state index contributed by atoms with van der Waals surface area (Å²) in [6.07, 6.45) is 0.556. The molecular formula is C12H13F3N4. The molecule has 0 aliphatic carbocycles. The van der Waals surface area contributed by atoms with Crippen molar-refractivity contribution in [2.75, 3.05) is 0 Å². The summed E-state index contributed by atoms with van der Waals surface area (Å²) < 4.78 is 39.1. The lowest BCUT2D eigenvalue weighted by molar-refractivity contribution is -0.145. The summed E-state index contributed by atoms with van der Waals surface area (Å²) in [6, 6.07) is 0. The van der Waals surface area contributed by atoms with Crippen LogP contribution in [0.4, 0.5) is 13.2 Å². The van der Waals surface area contributed by atoms with E-state index in [1.165, 1.54) is 18.6 Å². The van der Waals surface area contributed by atoms with Crippen LogP contribution in [0.25, 0.3) is 5.69 Å². The zero-order valence-electron chi connectivity index (χ0n) is 10.7. The molecule has 19 heavy (non-hydrogen) atoms. The molecule has 0 radical (unpaired) electrons. The van der Waals surface area contributed by atoms with Gasteiger partial charge in [0.25, 0.3) is 0 Å². The fourth-order valence-corrected chi connectivity index (χ4v) is 1.55. The monoisotopic (exact) mass is 270 g/mol. The molecule has 0 unspecified atom stereocenters. The predicted octanol–water partition coefficient (Wildman–Crippen LogP) is 2.98. The van der Waals surface area contributed by atoms with Crippen LogP contribution in [0.15, 0.2) is 24.8 Å². The number of nitrogens with zero attached hydrogens (tertiary/aromatic N) is 4. The first kappa shape index (κ1) is 13.5. The molecule has 0 aliphatic rings. The maximum atomic E-state index is 12.7. The van der Waals surface area contributed by atoms with Gasteiger partial charge in [-0.25, -0.2) is 15.0 Å². The van der Waals surface area contributed by atoms with Crippen molar-refractivity contribution in [2.45, 2.75) is 32.4 Å². The Morgan fingerprint density at radius 1 is 1.00 bits per heavy atom. The molecule has 0 aromatic carbocycles. The molecule has 4 nitrogen and oxygen atoms in total. The zero-order valence-corrected chi connectivity index (χ0v) is 10.7. The van der Waals surface area contributed by atoms with E-state index in [0.717, 1.165) is 10.8 Å². The fraction of sp³-hybridized carbons (Fsp3) is 0.417. The molecule has 2 heterocycles. The first-order valence-electron chi connectivity index (χ1n) is 5.63. The summed E-state index contributed by atoms with van der Waals surface area (Å²) in [7, 11) is 0. The van der Waals surface area contributed by atoms with Gasteiger partial charge in [0.1, 0.15) is 5.82 Å². The Labute approximate surface area is 108 Å². The van der Waals surface area contributed by atoms with Gasteiger partial charge in [0, 0.05) is 17.8 Å². The Hall–Kier alpha value is -1.92. The molecular weight excluding hydrogens is 257 g/mol.